The zero-order valence-corrected chi connectivity index (χ0v) is 20.8. The van der Waals surface area contributed by atoms with Crippen LogP contribution in [0.25, 0.3) is 5.95 Å². The van der Waals surface area contributed by atoms with E-state index in [0.717, 1.165) is 28.3 Å². The molecule has 0 unspecified atom stereocenters. The van der Waals surface area contributed by atoms with Crippen LogP contribution in [0.1, 0.15) is 16.8 Å². The molecule has 2 aromatic heterocycles. The highest BCUT2D eigenvalue weighted by Gasteiger charge is 2.19. The van der Waals surface area contributed by atoms with Crippen LogP contribution in [0, 0.1) is 6.92 Å². The van der Waals surface area contributed by atoms with E-state index in [-0.39, 0.29) is 26.0 Å². The average molecular weight is 515 g/mol. The molecule has 1 N–H and O–H groups in total. The Labute approximate surface area is 219 Å². The highest BCUT2D eigenvalue weighted by molar-refractivity contribution is 5.81. The van der Waals surface area contributed by atoms with Crippen LogP contribution in [0.2, 0.25) is 0 Å². The number of hydrogen-bond donors (Lipinski definition) is 1. The van der Waals surface area contributed by atoms with Crippen molar-refractivity contribution in [1.82, 2.24) is 24.8 Å². The number of carbonyl (C=O) groups excluding carboxylic acids is 1. The molecule has 2 aliphatic heterocycles. The van der Waals surface area contributed by atoms with Crippen molar-refractivity contribution in [2.24, 2.45) is 0 Å². The normalized spacial score (nSPS) is 13.0. The van der Waals surface area contributed by atoms with Crippen molar-refractivity contribution < 1.29 is 23.7 Å². The van der Waals surface area contributed by atoms with Gasteiger partial charge in [-0.2, -0.15) is 4.98 Å². The zero-order valence-electron chi connectivity index (χ0n) is 20.8. The molecule has 2 aliphatic rings. The van der Waals surface area contributed by atoms with E-state index in [9.17, 15) is 4.79 Å². The standard InChI is InChI=1S/C27H26N6O5/c1-18-10-25(31-27(30-18)32-9-8-28-15-32)33(13-20-3-5-22-24(12-20)38-17-36-22)14-26(34)29-7-6-19-2-4-21-23(11-19)37-16-35-21/h2-5,8-12,15H,6-7,13-14,16-17H2,1H3,(H,29,34). The number of ether oxygens (including phenoxy) is 4. The fraction of sp³-hybridized carbons (Fsp3) is 0.259. The second-order valence-electron chi connectivity index (χ2n) is 8.97. The van der Waals surface area contributed by atoms with Gasteiger partial charge in [-0.05, 0) is 48.7 Å². The van der Waals surface area contributed by atoms with Gasteiger partial charge in [-0.15, -0.1) is 0 Å². The third-order valence-electron chi connectivity index (χ3n) is 6.21. The first kappa shape index (κ1) is 23.6. The number of fused-ring (bicyclic) bond motifs is 2. The lowest BCUT2D eigenvalue weighted by molar-refractivity contribution is -0.119. The summed E-state index contributed by atoms with van der Waals surface area (Å²) in [6, 6.07) is 13.5. The third kappa shape index (κ3) is 5.17. The van der Waals surface area contributed by atoms with Crippen molar-refractivity contribution in [2.75, 3.05) is 31.6 Å². The van der Waals surface area contributed by atoms with Crippen LogP contribution in [0.5, 0.6) is 23.0 Å². The van der Waals surface area contributed by atoms with Gasteiger partial charge in [0.1, 0.15) is 12.1 Å². The maximum Gasteiger partial charge on any atom is 0.239 e. The van der Waals surface area contributed by atoms with Crippen molar-refractivity contribution in [3.05, 3.63) is 78.0 Å². The third-order valence-corrected chi connectivity index (χ3v) is 6.21. The molecule has 0 radical (unpaired) electrons. The number of rotatable bonds is 9. The molecule has 0 saturated heterocycles. The summed E-state index contributed by atoms with van der Waals surface area (Å²) in [5.74, 6) is 3.87. The summed E-state index contributed by atoms with van der Waals surface area (Å²) in [6.07, 6.45) is 5.76. The van der Waals surface area contributed by atoms with Crippen LogP contribution in [-0.2, 0) is 17.8 Å². The number of carbonyl (C=O) groups is 1. The average Bonchev–Trinajstić information content (AvgIpc) is 3.69. The van der Waals surface area contributed by atoms with Crippen molar-refractivity contribution in [2.45, 2.75) is 19.9 Å². The van der Waals surface area contributed by atoms with Crippen molar-refractivity contribution in [3.63, 3.8) is 0 Å². The number of aromatic nitrogens is 4. The molecule has 0 fully saturated rings. The summed E-state index contributed by atoms with van der Waals surface area (Å²) in [6.45, 7) is 3.37. The molecule has 0 aliphatic carbocycles. The van der Waals surface area contributed by atoms with Gasteiger partial charge in [0.25, 0.3) is 0 Å². The molecule has 0 saturated carbocycles. The monoisotopic (exact) mass is 514 g/mol. The van der Waals surface area contributed by atoms with E-state index in [4.69, 9.17) is 23.9 Å². The fourth-order valence-corrected chi connectivity index (χ4v) is 4.34. The first-order chi connectivity index (χ1) is 18.6. The summed E-state index contributed by atoms with van der Waals surface area (Å²) in [5, 5.41) is 3.03. The maximum atomic E-state index is 13.1. The Morgan fingerprint density at radius 2 is 1.66 bits per heavy atom. The molecule has 0 atom stereocenters. The lowest BCUT2D eigenvalue weighted by atomic mass is 10.1. The van der Waals surface area contributed by atoms with Gasteiger partial charge >= 0.3 is 0 Å². The van der Waals surface area contributed by atoms with E-state index in [2.05, 4.69) is 15.3 Å². The molecule has 11 nitrogen and oxygen atoms in total. The molecular formula is C27H26N6O5. The number of aryl methyl sites for hydroxylation is 1. The smallest absolute Gasteiger partial charge is 0.239 e. The van der Waals surface area contributed by atoms with Crippen LogP contribution in [0.3, 0.4) is 0 Å². The van der Waals surface area contributed by atoms with Gasteiger partial charge in [0.2, 0.25) is 25.4 Å². The molecule has 194 valence electrons. The van der Waals surface area contributed by atoms with Gasteiger partial charge < -0.3 is 29.2 Å². The SMILES string of the molecule is Cc1cc(N(CC(=O)NCCc2ccc3c(c2)OCO3)Cc2ccc3c(c2)OCO3)nc(-n2ccnc2)n1. The first-order valence-corrected chi connectivity index (χ1v) is 12.2. The molecule has 2 aromatic carbocycles. The van der Waals surface area contributed by atoms with Gasteiger partial charge in [-0.25, -0.2) is 9.97 Å². The molecule has 38 heavy (non-hydrogen) atoms. The molecule has 0 spiro atoms. The first-order valence-electron chi connectivity index (χ1n) is 12.2. The van der Waals surface area contributed by atoms with E-state index in [1.807, 2.05) is 54.3 Å². The number of imidazole rings is 1. The number of amides is 1. The van der Waals surface area contributed by atoms with E-state index in [1.54, 1.807) is 23.3 Å². The highest BCUT2D eigenvalue weighted by Crippen LogP contribution is 2.34. The molecule has 11 heteroatoms. The second kappa shape index (κ2) is 10.3. The zero-order chi connectivity index (χ0) is 25.9. The van der Waals surface area contributed by atoms with Crippen LogP contribution >= 0.6 is 0 Å². The van der Waals surface area contributed by atoms with Crippen LogP contribution in [0.15, 0.2) is 61.2 Å². The number of hydrogen-bond acceptors (Lipinski definition) is 9. The van der Waals surface area contributed by atoms with E-state index < -0.39 is 0 Å². The lowest BCUT2D eigenvalue weighted by Gasteiger charge is -2.24. The highest BCUT2D eigenvalue weighted by atomic mass is 16.7. The minimum Gasteiger partial charge on any atom is -0.454 e. The predicted molar refractivity (Wildman–Crippen MR) is 137 cm³/mol. The van der Waals surface area contributed by atoms with Crippen molar-refractivity contribution >= 4 is 11.7 Å². The van der Waals surface area contributed by atoms with Crippen molar-refractivity contribution in [1.29, 1.82) is 0 Å². The second-order valence-corrected chi connectivity index (χ2v) is 8.97. The molecular weight excluding hydrogens is 488 g/mol. The van der Waals surface area contributed by atoms with Crippen LogP contribution in [-0.4, -0.2) is 52.1 Å². The lowest BCUT2D eigenvalue weighted by Crippen LogP contribution is -2.38. The minimum atomic E-state index is -0.119. The number of nitrogens with zero attached hydrogens (tertiary/aromatic N) is 5. The summed E-state index contributed by atoms with van der Waals surface area (Å²) in [4.78, 5) is 28.4. The largest absolute Gasteiger partial charge is 0.454 e. The topological polar surface area (TPSA) is 113 Å². The fourth-order valence-electron chi connectivity index (χ4n) is 4.34. The number of anilines is 1. The van der Waals surface area contributed by atoms with Gasteiger partial charge in [-0.3, -0.25) is 9.36 Å². The Balaban J connectivity index is 1.18. The molecule has 0 bridgehead atoms. The number of benzene rings is 2. The van der Waals surface area contributed by atoms with Crippen molar-refractivity contribution in [3.8, 4) is 28.9 Å². The van der Waals surface area contributed by atoms with E-state index in [1.165, 1.54) is 0 Å². The van der Waals surface area contributed by atoms with Crippen LogP contribution < -0.4 is 29.2 Å². The molecule has 1 amide bonds. The maximum absolute atomic E-state index is 13.1. The molecule has 4 aromatic rings. The van der Waals surface area contributed by atoms with Gasteiger partial charge in [0.05, 0.1) is 6.54 Å². The molecule has 6 rings (SSSR count). The summed E-state index contributed by atoms with van der Waals surface area (Å²) < 4.78 is 23.5. The number of nitrogens with one attached hydrogen (secondary N) is 1. The Kier molecular flexibility index (Phi) is 6.39. The summed E-state index contributed by atoms with van der Waals surface area (Å²) >= 11 is 0. The molecule has 4 heterocycles. The van der Waals surface area contributed by atoms with E-state index in [0.29, 0.717) is 42.8 Å². The summed E-state index contributed by atoms with van der Waals surface area (Å²) in [5.41, 5.74) is 2.80. The quantitative estimate of drug-likeness (QED) is 0.360. The van der Waals surface area contributed by atoms with Crippen LogP contribution in [0.4, 0.5) is 5.82 Å². The van der Waals surface area contributed by atoms with Gasteiger partial charge in [0, 0.05) is 37.2 Å². The Morgan fingerprint density at radius 1 is 0.947 bits per heavy atom. The Morgan fingerprint density at radius 3 is 2.39 bits per heavy atom. The Hall–Kier alpha value is -4.80. The Bertz CT molecular complexity index is 1460. The minimum absolute atomic E-state index is 0.107. The predicted octanol–water partition coefficient (Wildman–Crippen LogP) is 2.79. The van der Waals surface area contributed by atoms with E-state index >= 15 is 0 Å². The van der Waals surface area contributed by atoms with Gasteiger partial charge in [-0.1, -0.05) is 12.1 Å². The summed E-state index contributed by atoms with van der Waals surface area (Å²) in [7, 11) is 0. The van der Waals surface area contributed by atoms with Gasteiger partial charge in [0.15, 0.2) is 23.0 Å².